The summed E-state index contributed by atoms with van der Waals surface area (Å²) in [7, 11) is -0.698. The third-order valence-electron chi connectivity index (χ3n) is 5.75. The molecule has 8 nitrogen and oxygen atoms in total. The maximum atomic E-state index is 12.9. The summed E-state index contributed by atoms with van der Waals surface area (Å²) in [5.41, 5.74) is 8.43. The van der Waals surface area contributed by atoms with E-state index >= 15 is 0 Å². The Morgan fingerprint density at radius 3 is 2.34 bits per heavy atom. The van der Waals surface area contributed by atoms with E-state index in [0.29, 0.717) is 23.5 Å². The van der Waals surface area contributed by atoms with E-state index in [0.717, 1.165) is 27.8 Å². The van der Waals surface area contributed by atoms with Crippen LogP contribution in [0.25, 0.3) is 0 Å². The van der Waals surface area contributed by atoms with E-state index in [2.05, 4.69) is 22.3 Å². The average molecular weight is 535 g/mol. The van der Waals surface area contributed by atoms with E-state index in [1.54, 1.807) is 0 Å². The van der Waals surface area contributed by atoms with Crippen molar-refractivity contribution in [1.82, 2.24) is 9.21 Å². The SMILES string of the molecule is CN(C)S(=O)(=O)c1ccc(C(=O)Nc2sc3c(c2C(N)=O)CCN(Cc2ccccc2)C3)cc1.Cl. The molecule has 0 saturated heterocycles. The van der Waals surface area contributed by atoms with Gasteiger partial charge in [-0.1, -0.05) is 30.3 Å². The summed E-state index contributed by atoms with van der Waals surface area (Å²) in [5.74, 6) is -1.01. The fraction of sp³-hybridized carbons (Fsp3) is 0.250. The van der Waals surface area contributed by atoms with Crippen molar-refractivity contribution in [2.24, 2.45) is 5.73 Å². The molecule has 0 fully saturated rings. The highest BCUT2D eigenvalue weighted by molar-refractivity contribution is 7.89. The third kappa shape index (κ3) is 5.74. The molecule has 0 unspecified atom stereocenters. The summed E-state index contributed by atoms with van der Waals surface area (Å²) in [4.78, 5) is 28.5. The molecule has 0 bridgehead atoms. The minimum Gasteiger partial charge on any atom is -0.365 e. The van der Waals surface area contributed by atoms with Crippen molar-refractivity contribution < 1.29 is 18.0 Å². The molecular weight excluding hydrogens is 508 g/mol. The normalized spacial score (nSPS) is 13.7. The van der Waals surface area contributed by atoms with Gasteiger partial charge in [-0.3, -0.25) is 14.5 Å². The molecule has 2 aromatic carbocycles. The number of hydrogen-bond donors (Lipinski definition) is 2. The first-order valence-electron chi connectivity index (χ1n) is 10.7. The fourth-order valence-corrected chi connectivity index (χ4v) is 6.14. The van der Waals surface area contributed by atoms with Gasteiger partial charge >= 0.3 is 0 Å². The summed E-state index contributed by atoms with van der Waals surface area (Å²) >= 11 is 1.36. The molecule has 0 atom stereocenters. The second kappa shape index (κ2) is 10.9. The predicted octanol–water partition coefficient (Wildman–Crippen LogP) is 3.33. The second-order valence-corrected chi connectivity index (χ2v) is 11.5. The first kappa shape index (κ1) is 26.8. The number of amides is 2. The van der Waals surface area contributed by atoms with Crippen molar-refractivity contribution in [2.75, 3.05) is 26.0 Å². The van der Waals surface area contributed by atoms with E-state index in [4.69, 9.17) is 5.73 Å². The van der Waals surface area contributed by atoms with Crippen LogP contribution in [0.15, 0.2) is 59.5 Å². The number of nitrogens with one attached hydrogen (secondary N) is 1. The van der Waals surface area contributed by atoms with Gasteiger partial charge in [0.05, 0.1) is 10.5 Å². The summed E-state index contributed by atoms with van der Waals surface area (Å²) in [6.45, 7) is 2.25. The molecule has 0 radical (unpaired) electrons. The zero-order valence-corrected chi connectivity index (χ0v) is 21.8. The standard InChI is InChI=1S/C24H26N4O4S2.ClH/c1-27(2)34(31,32)18-10-8-17(9-11-18)23(30)26-24-21(22(25)29)19-12-13-28(15-20(19)33-24)14-16-6-4-3-5-7-16;/h3-11H,12-15H2,1-2H3,(H2,25,29)(H,26,30);1H. The molecule has 186 valence electrons. The molecule has 11 heteroatoms. The Balaban J connectivity index is 0.00000342. The number of fused-ring (bicyclic) bond motifs is 1. The van der Waals surface area contributed by atoms with Crippen LogP contribution in [-0.4, -0.2) is 50.1 Å². The number of benzene rings is 2. The number of halogens is 1. The van der Waals surface area contributed by atoms with Crippen LogP contribution in [0, 0.1) is 0 Å². The maximum Gasteiger partial charge on any atom is 0.256 e. The molecule has 0 spiro atoms. The van der Waals surface area contributed by atoms with E-state index in [1.807, 2.05) is 18.2 Å². The van der Waals surface area contributed by atoms with Crippen LogP contribution in [0.2, 0.25) is 0 Å². The van der Waals surface area contributed by atoms with Gasteiger partial charge in [-0.2, -0.15) is 0 Å². The molecule has 4 rings (SSSR count). The molecule has 3 N–H and O–H groups in total. The van der Waals surface area contributed by atoms with Gasteiger partial charge in [-0.15, -0.1) is 23.7 Å². The quantitative estimate of drug-likeness (QED) is 0.483. The van der Waals surface area contributed by atoms with Gasteiger partial charge in [0.25, 0.3) is 11.8 Å². The van der Waals surface area contributed by atoms with Gasteiger partial charge in [-0.25, -0.2) is 12.7 Å². The zero-order valence-electron chi connectivity index (χ0n) is 19.4. The Hall–Kier alpha value is -2.76. The highest BCUT2D eigenvalue weighted by Crippen LogP contribution is 2.37. The Kier molecular flexibility index (Phi) is 8.34. The topological polar surface area (TPSA) is 113 Å². The van der Waals surface area contributed by atoms with Crippen molar-refractivity contribution in [3.63, 3.8) is 0 Å². The van der Waals surface area contributed by atoms with Gasteiger partial charge < -0.3 is 11.1 Å². The van der Waals surface area contributed by atoms with Gasteiger partial charge in [0.2, 0.25) is 10.0 Å². The lowest BCUT2D eigenvalue weighted by atomic mass is 10.0. The lowest BCUT2D eigenvalue weighted by Crippen LogP contribution is -2.30. The number of carbonyl (C=O) groups is 2. The van der Waals surface area contributed by atoms with Crippen LogP contribution in [-0.2, 0) is 29.5 Å². The van der Waals surface area contributed by atoms with E-state index in [1.165, 1.54) is 55.3 Å². The first-order valence-corrected chi connectivity index (χ1v) is 13.0. The Bertz CT molecular complexity index is 1320. The van der Waals surface area contributed by atoms with Gasteiger partial charge in [0.1, 0.15) is 5.00 Å². The average Bonchev–Trinajstić information content (AvgIpc) is 3.17. The molecular formula is C24H27ClN4O4S2. The minimum atomic E-state index is -3.59. The smallest absolute Gasteiger partial charge is 0.256 e. The summed E-state index contributed by atoms with van der Waals surface area (Å²) in [6, 6.07) is 15.9. The Labute approximate surface area is 215 Å². The van der Waals surface area contributed by atoms with Crippen LogP contribution in [0.4, 0.5) is 5.00 Å². The molecule has 1 aliphatic rings. The van der Waals surface area contributed by atoms with Crippen molar-refractivity contribution in [3.05, 3.63) is 81.7 Å². The number of anilines is 1. The highest BCUT2D eigenvalue weighted by atomic mass is 35.5. The number of nitrogens with two attached hydrogens (primary N) is 1. The molecule has 0 saturated carbocycles. The molecule has 0 aliphatic carbocycles. The number of thiophene rings is 1. The van der Waals surface area contributed by atoms with E-state index in [-0.39, 0.29) is 22.9 Å². The zero-order chi connectivity index (χ0) is 24.5. The maximum absolute atomic E-state index is 12.9. The van der Waals surface area contributed by atoms with E-state index in [9.17, 15) is 18.0 Å². The molecule has 1 aromatic heterocycles. The lowest BCUT2D eigenvalue weighted by molar-refractivity contribution is 0.0999. The van der Waals surface area contributed by atoms with Crippen molar-refractivity contribution >= 4 is 50.6 Å². The van der Waals surface area contributed by atoms with E-state index < -0.39 is 21.8 Å². The largest absolute Gasteiger partial charge is 0.365 e. The Morgan fingerprint density at radius 2 is 1.74 bits per heavy atom. The molecule has 1 aliphatic heterocycles. The number of carbonyl (C=O) groups excluding carboxylic acids is 2. The van der Waals surface area contributed by atoms with Crippen molar-refractivity contribution in [3.8, 4) is 0 Å². The molecule has 2 heterocycles. The molecule has 35 heavy (non-hydrogen) atoms. The van der Waals surface area contributed by atoms with Crippen LogP contribution >= 0.6 is 23.7 Å². The predicted molar refractivity (Wildman–Crippen MR) is 140 cm³/mol. The van der Waals surface area contributed by atoms with Gasteiger partial charge in [0, 0.05) is 44.2 Å². The monoisotopic (exact) mass is 534 g/mol. The number of rotatable bonds is 7. The number of sulfonamides is 1. The molecule has 2 amide bonds. The summed E-state index contributed by atoms with van der Waals surface area (Å²) < 4.78 is 25.6. The minimum absolute atomic E-state index is 0. The number of nitrogens with zero attached hydrogens (tertiary/aromatic N) is 2. The third-order valence-corrected chi connectivity index (χ3v) is 8.72. The Morgan fingerprint density at radius 1 is 1.09 bits per heavy atom. The fourth-order valence-electron chi connectivity index (χ4n) is 3.95. The number of hydrogen-bond acceptors (Lipinski definition) is 6. The first-order chi connectivity index (χ1) is 16.2. The van der Waals surface area contributed by atoms with Gasteiger partial charge in [-0.05, 0) is 41.8 Å². The lowest BCUT2D eigenvalue weighted by Gasteiger charge is -2.27. The summed E-state index contributed by atoms with van der Waals surface area (Å²) in [6.07, 6.45) is 0.671. The van der Waals surface area contributed by atoms with Crippen molar-refractivity contribution in [2.45, 2.75) is 24.4 Å². The summed E-state index contributed by atoms with van der Waals surface area (Å²) in [5, 5.41) is 3.24. The number of primary amides is 1. The van der Waals surface area contributed by atoms with Crippen LogP contribution in [0.3, 0.4) is 0 Å². The van der Waals surface area contributed by atoms with Crippen LogP contribution in [0.5, 0.6) is 0 Å². The molecule has 3 aromatic rings. The van der Waals surface area contributed by atoms with Crippen molar-refractivity contribution in [1.29, 1.82) is 0 Å². The second-order valence-electron chi connectivity index (χ2n) is 8.28. The van der Waals surface area contributed by atoms with Crippen LogP contribution in [0.1, 0.15) is 36.7 Å². The highest BCUT2D eigenvalue weighted by Gasteiger charge is 2.28. The van der Waals surface area contributed by atoms with Gasteiger partial charge in [0.15, 0.2) is 0 Å². The van der Waals surface area contributed by atoms with Crippen LogP contribution < -0.4 is 11.1 Å².